The van der Waals surface area contributed by atoms with Crippen LogP contribution in [0.3, 0.4) is 0 Å². The molecule has 0 spiro atoms. The summed E-state index contributed by atoms with van der Waals surface area (Å²) in [6, 6.07) is 16.5. The van der Waals surface area contributed by atoms with Crippen molar-refractivity contribution < 1.29 is 9.84 Å². The lowest BCUT2D eigenvalue weighted by molar-refractivity contribution is 0.0705. The minimum atomic E-state index is 0.328. The predicted molar refractivity (Wildman–Crippen MR) is 121 cm³/mol. The zero-order valence-corrected chi connectivity index (χ0v) is 17.7. The van der Waals surface area contributed by atoms with E-state index in [-0.39, 0.29) is 0 Å². The molecule has 0 aliphatic heterocycles. The number of hydrogen-bond acceptors (Lipinski definition) is 3. The van der Waals surface area contributed by atoms with Crippen LogP contribution >= 0.6 is 0 Å². The van der Waals surface area contributed by atoms with Gasteiger partial charge >= 0.3 is 0 Å². The topological polar surface area (TPSA) is 55.5 Å². The predicted octanol–water partition coefficient (Wildman–Crippen LogP) is 5.77. The summed E-state index contributed by atoms with van der Waals surface area (Å²) >= 11 is 0. The third kappa shape index (κ3) is 3.88. The van der Waals surface area contributed by atoms with E-state index in [1.165, 1.54) is 48.8 Å². The smallest absolute Gasteiger partial charge is 0.119 e. The first kappa shape index (κ1) is 19.7. The molecule has 3 nitrogen and oxygen atoms in total. The van der Waals surface area contributed by atoms with E-state index < -0.39 is 0 Å². The first-order valence-corrected chi connectivity index (χ1v) is 11.7. The Morgan fingerprint density at radius 3 is 1.93 bits per heavy atom. The van der Waals surface area contributed by atoms with Crippen LogP contribution in [0.25, 0.3) is 5.57 Å². The molecule has 3 N–H and O–H groups in total. The maximum absolute atomic E-state index is 9.84. The van der Waals surface area contributed by atoms with Crippen LogP contribution in [0.5, 0.6) is 11.5 Å². The molecule has 4 saturated carbocycles. The average Bonchev–Trinajstić information content (AvgIpc) is 2.75. The molecule has 2 aromatic rings. The van der Waals surface area contributed by atoms with Crippen LogP contribution in [0.4, 0.5) is 0 Å². The Balaban J connectivity index is 1.49. The normalized spacial score (nSPS) is 26.8. The second-order valence-corrected chi connectivity index (χ2v) is 9.55. The van der Waals surface area contributed by atoms with Gasteiger partial charge in [0.05, 0.1) is 6.61 Å². The number of ether oxygens (including phenoxy) is 1. The number of aromatic hydroxyl groups is 1. The SMILES string of the molecule is NCCCCOc1ccc(C(=C2C3CC4CC(C3)CC2C4)c2ccc(O)cc2)cc1. The van der Waals surface area contributed by atoms with Gasteiger partial charge in [-0.15, -0.1) is 0 Å². The van der Waals surface area contributed by atoms with Crippen LogP contribution in [0.15, 0.2) is 54.1 Å². The highest BCUT2D eigenvalue weighted by Crippen LogP contribution is 2.58. The second-order valence-electron chi connectivity index (χ2n) is 9.55. The number of hydrogen-bond donors (Lipinski definition) is 2. The van der Waals surface area contributed by atoms with Crippen molar-refractivity contribution >= 4 is 5.57 Å². The molecule has 2 aromatic carbocycles. The van der Waals surface area contributed by atoms with Crippen molar-refractivity contribution in [2.24, 2.45) is 29.4 Å². The minimum Gasteiger partial charge on any atom is -0.508 e. The number of rotatable bonds is 7. The number of phenols is 1. The van der Waals surface area contributed by atoms with Crippen LogP contribution in [-0.4, -0.2) is 18.3 Å². The van der Waals surface area contributed by atoms with Crippen molar-refractivity contribution in [3.8, 4) is 11.5 Å². The molecule has 0 radical (unpaired) electrons. The summed E-state index contributed by atoms with van der Waals surface area (Å²) in [6.45, 7) is 1.44. The number of benzene rings is 2. The van der Waals surface area contributed by atoms with Gasteiger partial charge in [0.2, 0.25) is 0 Å². The summed E-state index contributed by atoms with van der Waals surface area (Å²) in [7, 11) is 0. The summed E-state index contributed by atoms with van der Waals surface area (Å²) < 4.78 is 5.90. The number of nitrogens with two attached hydrogens (primary N) is 1. The fourth-order valence-electron chi connectivity index (χ4n) is 6.38. The van der Waals surface area contributed by atoms with E-state index in [1.807, 2.05) is 12.1 Å². The van der Waals surface area contributed by atoms with Gasteiger partial charge in [0.25, 0.3) is 0 Å². The summed E-state index contributed by atoms with van der Waals surface area (Å²) in [5.41, 5.74) is 11.2. The van der Waals surface area contributed by atoms with E-state index in [0.717, 1.165) is 55.4 Å². The Morgan fingerprint density at radius 2 is 1.37 bits per heavy atom. The van der Waals surface area contributed by atoms with Gasteiger partial charge in [0.1, 0.15) is 11.5 Å². The molecule has 0 heterocycles. The lowest BCUT2D eigenvalue weighted by atomic mass is 9.53. The third-order valence-electron chi connectivity index (χ3n) is 7.47. The van der Waals surface area contributed by atoms with Crippen molar-refractivity contribution in [1.82, 2.24) is 0 Å². The number of allylic oxidation sites excluding steroid dienone is 1. The van der Waals surface area contributed by atoms with E-state index >= 15 is 0 Å². The summed E-state index contributed by atoms with van der Waals surface area (Å²) in [5.74, 6) is 4.61. The van der Waals surface area contributed by atoms with E-state index in [0.29, 0.717) is 5.75 Å². The first-order chi connectivity index (χ1) is 14.7. The standard InChI is InChI=1S/C27H33NO2/c28-11-1-2-12-30-25-9-5-21(6-10-25)26(20-3-7-24(29)8-4-20)27-22-14-18-13-19(16-22)17-23(27)15-18/h3-10,18-19,22-23,29H,1-2,11-17,28H2. The summed E-state index contributed by atoms with van der Waals surface area (Å²) in [5, 5.41) is 9.84. The highest BCUT2D eigenvalue weighted by Gasteiger charge is 2.46. The maximum Gasteiger partial charge on any atom is 0.119 e. The van der Waals surface area contributed by atoms with Crippen molar-refractivity contribution in [3.63, 3.8) is 0 Å². The maximum atomic E-state index is 9.84. The lowest BCUT2D eigenvalue weighted by Crippen LogP contribution is -2.40. The van der Waals surface area contributed by atoms with Gasteiger partial charge in [-0.05, 0) is 116 Å². The molecule has 6 rings (SSSR count). The molecule has 4 fully saturated rings. The van der Waals surface area contributed by atoms with E-state index in [1.54, 1.807) is 5.57 Å². The Kier molecular flexibility index (Phi) is 5.56. The van der Waals surface area contributed by atoms with Crippen molar-refractivity contribution in [2.45, 2.75) is 44.9 Å². The van der Waals surface area contributed by atoms with E-state index in [2.05, 4.69) is 36.4 Å². The second kappa shape index (κ2) is 8.47. The van der Waals surface area contributed by atoms with Crippen LogP contribution in [0.2, 0.25) is 0 Å². The average molecular weight is 404 g/mol. The highest BCUT2D eigenvalue weighted by atomic mass is 16.5. The fraction of sp³-hybridized carbons (Fsp3) is 0.481. The quantitative estimate of drug-likeness (QED) is 0.577. The Bertz CT molecular complexity index is 867. The minimum absolute atomic E-state index is 0.328. The molecule has 4 aliphatic carbocycles. The van der Waals surface area contributed by atoms with Gasteiger partial charge in [-0.3, -0.25) is 0 Å². The van der Waals surface area contributed by atoms with Gasteiger partial charge in [0, 0.05) is 0 Å². The zero-order chi connectivity index (χ0) is 20.5. The summed E-state index contributed by atoms with van der Waals surface area (Å²) in [4.78, 5) is 0. The Morgan fingerprint density at radius 1 is 0.800 bits per heavy atom. The zero-order valence-electron chi connectivity index (χ0n) is 17.7. The monoisotopic (exact) mass is 403 g/mol. The molecular formula is C27H33NO2. The van der Waals surface area contributed by atoms with E-state index in [9.17, 15) is 5.11 Å². The number of unbranched alkanes of at least 4 members (excludes halogenated alkanes) is 1. The molecule has 0 unspecified atom stereocenters. The molecule has 4 aliphatic rings. The molecular weight excluding hydrogens is 370 g/mol. The van der Waals surface area contributed by atoms with Crippen molar-refractivity contribution in [2.75, 3.05) is 13.2 Å². The molecule has 30 heavy (non-hydrogen) atoms. The van der Waals surface area contributed by atoms with E-state index in [4.69, 9.17) is 10.5 Å². The van der Waals surface area contributed by atoms with Crippen molar-refractivity contribution in [3.05, 3.63) is 65.2 Å². The molecule has 0 amide bonds. The van der Waals surface area contributed by atoms with Crippen LogP contribution in [-0.2, 0) is 0 Å². The van der Waals surface area contributed by atoms with Gasteiger partial charge in [-0.25, -0.2) is 0 Å². The first-order valence-electron chi connectivity index (χ1n) is 11.7. The van der Waals surface area contributed by atoms with Gasteiger partial charge in [-0.1, -0.05) is 29.8 Å². The van der Waals surface area contributed by atoms with Gasteiger partial charge < -0.3 is 15.6 Å². The molecule has 158 valence electrons. The molecule has 0 saturated heterocycles. The van der Waals surface area contributed by atoms with Crippen LogP contribution < -0.4 is 10.5 Å². The lowest BCUT2D eigenvalue weighted by Gasteiger charge is -2.52. The highest BCUT2D eigenvalue weighted by molar-refractivity contribution is 5.83. The van der Waals surface area contributed by atoms with Gasteiger partial charge in [-0.2, -0.15) is 0 Å². The van der Waals surface area contributed by atoms with Gasteiger partial charge in [0.15, 0.2) is 0 Å². The number of phenolic OH excluding ortho intramolecular Hbond substituents is 1. The summed E-state index contributed by atoms with van der Waals surface area (Å²) in [6.07, 6.45) is 8.93. The molecule has 3 heteroatoms. The Labute approximate surface area is 180 Å². The molecule has 0 atom stereocenters. The third-order valence-corrected chi connectivity index (χ3v) is 7.47. The molecule has 4 bridgehead atoms. The Hall–Kier alpha value is -2.26. The van der Waals surface area contributed by atoms with Crippen LogP contribution in [0.1, 0.15) is 56.1 Å². The molecule has 0 aromatic heterocycles. The largest absolute Gasteiger partial charge is 0.508 e. The van der Waals surface area contributed by atoms with Crippen molar-refractivity contribution in [1.29, 1.82) is 0 Å². The van der Waals surface area contributed by atoms with Crippen LogP contribution in [0, 0.1) is 23.7 Å². The fourth-order valence-corrected chi connectivity index (χ4v) is 6.38.